The molecule has 2 heterocycles. The van der Waals surface area contributed by atoms with Gasteiger partial charge in [-0.1, -0.05) is 13.0 Å². The number of nitrogens with one attached hydrogen (secondary N) is 1. The Labute approximate surface area is 221 Å². The minimum absolute atomic E-state index is 0.00233. The molecule has 1 N–H and O–H groups in total. The molecular weight excluding hydrogens is 539 g/mol. The summed E-state index contributed by atoms with van der Waals surface area (Å²) in [7, 11) is -4.03. The van der Waals surface area contributed by atoms with Crippen molar-refractivity contribution in [2.45, 2.75) is 43.8 Å². The van der Waals surface area contributed by atoms with Gasteiger partial charge in [0.25, 0.3) is 0 Å². The molecule has 4 rings (SSSR count). The fraction of sp³-hybridized carbons (Fsp3) is 0.320. The van der Waals surface area contributed by atoms with Crippen molar-refractivity contribution < 1.29 is 36.0 Å². The van der Waals surface area contributed by atoms with Crippen LogP contribution in [0.4, 0.5) is 28.4 Å². The third-order valence-electron chi connectivity index (χ3n) is 6.39. The molecule has 204 valence electrons. The number of aromatic nitrogens is 1. The van der Waals surface area contributed by atoms with Gasteiger partial charge < -0.3 is 5.32 Å². The number of allylic oxidation sites excluding steroid dienone is 1. The van der Waals surface area contributed by atoms with E-state index in [1.54, 1.807) is 6.92 Å². The molecule has 4 amide bonds. The van der Waals surface area contributed by atoms with Gasteiger partial charge in [-0.15, -0.1) is 0 Å². The molecule has 1 aromatic carbocycles. The predicted octanol–water partition coefficient (Wildman–Crippen LogP) is 4.10. The molecule has 0 saturated heterocycles. The van der Waals surface area contributed by atoms with Gasteiger partial charge in [-0.3, -0.25) is 14.7 Å². The van der Waals surface area contributed by atoms with E-state index < -0.39 is 45.6 Å². The molecule has 1 aliphatic heterocycles. The van der Waals surface area contributed by atoms with Crippen LogP contribution in [0.1, 0.15) is 49.6 Å². The number of ketones is 1. The maximum Gasteiger partial charge on any atom is 0.433 e. The Hall–Kier alpha value is -4.25. The normalized spacial score (nSPS) is 17.8. The Morgan fingerprint density at radius 1 is 1.18 bits per heavy atom. The number of anilines is 1. The molecule has 0 fully saturated rings. The number of urea groups is 2. The number of amides is 4. The van der Waals surface area contributed by atoms with Gasteiger partial charge in [0.15, 0.2) is 15.6 Å². The van der Waals surface area contributed by atoms with E-state index in [1.165, 1.54) is 19.1 Å². The van der Waals surface area contributed by atoms with E-state index in [0.717, 1.165) is 23.2 Å². The summed E-state index contributed by atoms with van der Waals surface area (Å²) in [5.41, 5.74) is -1.67. The number of alkyl halides is 3. The maximum absolute atomic E-state index is 13.9. The van der Waals surface area contributed by atoms with Gasteiger partial charge in [-0.25, -0.2) is 22.9 Å². The van der Waals surface area contributed by atoms with Crippen LogP contribution in [0.2, 0.25) is 0 Å². The van der Waals surface area contributed by atoms with Crippen molar-refractivity contribution in [3.8, 4) is 6.07 Å². The lowest BCUT2D eigenvalue weighted by atomic mass is 9.92. The number of hydrogen-bond acceptors (Lipinski definition) is 7. The molecule has 0 unspecified atom stereocenters. The lowest BCUT2D eigenvalue weighted by molar-refractivity contribution is -0.141. The standard InChI is InChI=1S/C25H22F3N5O5S/c1-3-30-23(35)33-22(16-6-5-14(13-29)11-19(16)39(37,38)4-2)21-17(7-8-18(21)34)32(24(33)36)15-9-10-31-20(12-15)25(26,27)28/h5-6,9-12,22H,3-4,7-8H2,1-2H3,(H,30,35)/t22-/m0/s1. The van der Waals surface area contributed by atoms with Gasteiger partial charge in [0.1, 0.15) is 11.7 Å². The fourth-order valence-corrected chi connectivity index (χ4v) is 5.79. The van der Waals surface area contributed by atoms with Gasteiger partial charge in [0, 0.05) is 30.4 Å². The first-order chi connectivity index (χ1) is 18.3. The number of carbonyl (C=O) groups excluding carboxylic acids is 3. The summed E-state index contributed by atoms with van der Waals surface area (Å²) < 4.78 is 66.4. The third kappa shape index (κ3) is 4.85. The van der Waals surface area contributed by atoms with E-state index in [2.05, 4.69) is 10.3 Å². The van der Waals surface area contributed by atoms with Crippen LogP contribution >= 0.6 is 0 Å². The summed E-state index contributed by atoms with van der Waals surface area (Å²) in [4.78, 5) is 44.9. The van der Waals surface area contributed by atoms with Gasteiger partial charge in [0.2, 0.25) is 0 Å². The molecule has 0 saturated carbocycles. The second-order valence-electron chi connectivity index (χ2n) is 8.67. The minimum Gasteiger partial charge on any atom is -0.338 e. The van der Waals surface area contributed by atoms with Crippen molar-refractivity contribution >= 4 is 33.4 Å². The van der Waals surface area contributed by atoms with Crippen LogP contribution in [-0.2, 0) is 20.8 Å². The van der Waals surface area contributed by atoms with Crippen molar-refractivity contribution in [1.29, 1.82) is 5.26 Å². The molecule has 39 heavy (non-hydrogen) atoms. The Morgan fingerprint density at radius 3 is 2.51 bits per heavy atom. The molecule has 0 radical (unpaired) electrons. The van der Waals surface area contributed by atoms with Crippen LogP contribution < -0.4 is 10.2 Å². The van der Waals surface area contributed by atoms with Gasteiger partial charge in [-0.05, 0) is 43.2 Å². The van der Waals surface area contributed by atoms with Crippen LogP contribution in [-0.4, -0.2) is 48.4 Å². The summed E-state index contributed by atoms with van der Waals surface area (Å²) >= 11 is 0. The smallest absolute Gasteiger partial charge is 0.338 e. The summed E-state index contributed by atoms with van der Waals surface area (Å²) in [5, 5.41) is 11.8. The van der Waals surface area contributed by atoms with Crippen LogP contribution in [0.25, 0.3) is 0 Å². The van der Waals surface area contributed by atoms with Crippen molar-refractivity contribution in [1.82, 2.24) is 15.2 Å². The number of imide groups is 1. The zero-order valence-corrected chi connectivity index (χ0v) is 21.6. The zero-order valence-electron chi connectivity index (χ0n) is 20.7. The number of nitrogens with zero attached hydrogens (tertiary/aromatic N) is 4. The van der Waals surface area contributed by atoms with Gasteiger partial charge >= 0.3 is 18.2 Å². The number of sulfone groups is 1. The quantitative estimate of drug-likeness (QED) is 0.580. The monoisotopic (exact) mass is 561 g/mol. The highest BCUT2D eigenvalue weighted by Crippen LogP contribution is 2.47. The van der Waals surface area contributed by atoms with Crippen molar-refractivity contribution in [2.24, 2.45) is 0 Å². The summed E-state index contributed by atoms with van der Waals surface area (Å²) in [6, 6.07) is 3.74. The number of Topliss-reactive ketones (excluding diaryl/α,β-unsaturated/α-hetero) is 1. The lowest BCUT2D eigenvalue weighted by Gasteiger charge is -2.41. The van der Waals surface area contributed by atoms with Crippen molar-refractivity contribution in [3.63, 3.8) is 0 Å². The second kappa shape index (κ2) is 10.1. The largest absolute Gasteiger partial charge is 0.433 e. The summed E-state index contributed by atoms with van der Waals surface area (Å²) in [6.45, 7) is 2.99. The minimum atomic E-state index is -4.83. The molecular formula is C25H22F3N5O5S. The van der Waals surface area contributed by atoms with Crippen LogP contribution in [0.15, 0.2) is 52.7 Å². The Morgan fingerprint density at radius 2 is 1.90 bits per heavy atom. The van der Waals surface area contributed by atoms with E-state index in [0.29, 0.717) is 11.0 Å². The fourth-order valence-electron chi connectivity index (χ4n) is 4.64. The van der Waals surface area contributed by atoms with Crippen LogP contribution in [0.3, 0.4) is 0 Å². The number of nitriles is 1. The van der Waals surface area contributed by atoms with E-state index in [1.807, 2.05) is 6.07 Å². The molecule has 0 bridgehead atoms. The molecule has 10 nitrogen and oxygen atoms in total. The molecule has 14 heteroatoms. The predicted molar refractivity (Wildman–Crippen MR) is 131 cm³/mol. The third-order valence-corrected chi connectivity index (χ3v) is 8.17. The van der Waals surface area contributed by atoms with Gasteiger partial charge in [-0.2, -0.15) is 18.4 Å². The average Bonchev–Trinajstić information content (AvgIpc) is 3.27. The second-order valence-corrected chi connectivity index (χ2v) is 10.9. The SMILES string of the molecule is CCNC(=O)N1C(=O)N(c2ccnc(C(F)(F)F)c2)C2=C(C(=O)CC2)[C@@H]1c1ccc(C#N)cc1S(=O)(=O)CC. The Bertz CT molecular complexity index is 1560. The lowest BCUT2D eigenvalue weighted by Crippen LogP contribution is -2.55. The average molecular weight is 562 g/mol. The molecule has 2 aromatic rings. The molecule has 1 aliphatic carbocycles. The number of carbonyl (C=O) groups is 3. The molecule has 1 aromatic heterocycles. The first-order valence-electron chi connectivity index (χ1n) is 11.8. The Kier molecular flexibility index (Phi) is 7.22. The molecule has 2 aliphatic rings. The van der Waals surface area contributed by atoms with Crippen LogP contribution in [0.5, 0.6) is 0 Å². The topological polar surface area (TPSA) is 141 Å². The molecule has 0 spiro atoms. The van der Waals surface area contributed by atoms with Crippen molar-refractivity contribution in [3.05, 3.63) is 64.6 Å². The first-order valence-corrected chi connectivity index (χ1v) is 13.5. The van der Waals surface area contributed by atoms with E-state index >= 15 is 0 Å². The Balaban J connectivity index is 2.04. The highest BCUT2D eigenvalue weighted by Gasteiger charge is 2.50. The highest BCUT2D eigenvalue weighted by molar-refractivity contribution is 7.91. The van der Waals surface area contributed by atoms with Gasteiger partial charge in [0.05, 0.1) is 28.0 Å². The van der Waals surface area contributed by atoms with E-state index in [9.17, 15) is 41.2 Å². The van der Waals surface area contributed by atoms with Crippen LogP contribution in [0, 0.1) is 11.3 Å². The summed E-state index contributed by atoms with van der Waals surface area (Å²) in [6.07, 6.45) is -4.12. The number of hydrogen-bond donors (Lipinski definition) is 1. The number of rotatable bonds is 5. The number of pyridine rings is 1. The first kappa shape index (κ1) is 27.8. The van der Waals surface area contributed by atoms with E-state index in [4.69, 9.17) is 0 Å². The molecule has 1 atom stereocenters. The summed E-state index contributed by atoms with van der Waals surface area (Å²) in [5.74, 6) is -0.879. The number of benzene rings is 1. The number of halogens is 3. The van der Waals surface area contributed by atoms with Crippen molar-refractivity contribution in [2.75, 3.05) is 17.2 Å². The maximum atomic E-state index is 13.9. The highest BCUT2D eigenvalue weighted by atomic mass is 32.2. The van der Waals surface area contributed by atoms with E-state index in [-0.39, 0.29) is 58.1 Å². The zero-order chi connectivity index (χ0) is 28.7.